The van der Waals surface area contributed by atoms with Crippen LogP contribution in [0.4, 0.5) is 0 Å². The fraction of sp³-hybridized carbons (Fsp3) is 0.625. The van der Waals surface area contributed by atoms with Crippen molar-refractivity contribution in [2.24, 2.45) is 0 Å². The number of unbranched alkanes of at least 4 members (excludes halogenated alkanes) is 1. The molecule has 2 aliphatic rings. The van der Waals surface area contributed by atoms with E-state index in [1.54, 1.807) is 11.0 Å². The number of methoxy groups -OCH3 is 1. The van der Waals surface area contributed by atoms with E-state index in [-0.39, 0.29) is 18.7 Å². The molecule has 1 saturated heterocycles. The molecule has 0 N–H and O–H groups in total. The maximum atomic E-state index is 12.7. The second-order valence-corrected chi connectivity index (χ2v) is 5.53. The van der Waals surface area contributed by atoms with E-state index in [0.717, 1.165) is 24.8 Å². The number of hydrogen-bond acceptors (Lipinski definition) is 4. The molecule has 2 aliphatic heterocycles. The Balaban J connectivity index is 2.42. The van der Waals surface area contributed by atoms with Crippen LogP contribution in [0, 0.1) is 0 Å². The standard InChI is InChI=1S/C16H23NO4/c1-5-7-9-13-17-14(18)12(8-6-2)11(3)16(17,10-21-13)15(19)20-4/h6,13H,2,5,7-10H2,1,3-4H3/t13-,16-/m1/s1. The first kappa shape index (κ1) is 15.8. The largest absolute Gasteiger partial charge is 0.467 e. The third-order valence-electron chi connectivity index (χ3n) is 4.41. The molecule has 0 aliphatic carbocycles. The third kappa shape index (κ3) is 2.20. The van der Waals surface area contributed by atoms with Gasteiger partial charge in [0.05, 0.1) is 13.7 Å². The normalized spacial score (nSPS) is 28.0. The van der Waals surface area contributed by atoms with E-state index < -0.39 is 11.5 Å². The quantitative estimate of drug-likeness (QED) is 0.556. The van der Waals surface area contributed by atoms with Crippen LogP contribution < -0.4 is 0 Å². The van der Waals surface area contributed by atoms with Gasteiger partial charge in [-0.15, -0.1) is 6.58 Å². The average Bonchev–Trinajstić information content (AvgIpc) is 2.96. The van der Waals surface area contributed by atoms with E-state index in [2.05, 4.69) is 13.5 Å². The number of carbonyl (C=O) groups is 2. The Morgan fingerprint density at radius 3 is 2.90 bits per heavy atom. The molecule has 5 heteroatoms. The van der Waals surface area contributed by atoms with Gasteiger partial charge in [0.2, 0.25) is 0 Å². The number of esters is 1. The first-order valence-corrected chi connectivity index (χ1v) is 7.39. The summed E-state index contributed by atoms with van der Waals surface area (Å²) in [5.41, 5.74) is 0.293. The Morgan fingerprint density at radius 1 is 1.62 bits per heavy atom. The summed E-state index contributed by atoms with van der Waals surface area (Å²) in [4.78, 5) is 26.7. The maximum Gasteiger partial charge on any atom is 0.338 e. The van der Waals surface area contributed by atoms with Crippen LogP contribution in [0.25, 0.3) is 0 Å². The molecule has 0 bridgehead atoms. The number of amides is 1. The van der Waals surface area contributed by atoms with Crippen LogP contribution in [0.1, 0.15) is 39.5 Å². The van der Waals surface area contributed by atoms with E-state index in [9.17, 15) is 9.59 Å². The molecule has 0 saturated carbocycles. The summed E-state index contributed by atoms with van der Waals surface area (Å²) >= 11 is 0. The van der Waals surface area contributed by atoms with Crippen LogP contribution in [0.3, 0.4) is 0 Å². The second-order valence-electron chi connectivity index (χ2n) is 5.53. The van der Waals surface area contributed by atoms with Crippen molar-refractivity contribution in [1.82, 2.24) is 4.90 Å². The van der Waals surface area contributed by atoms with Crippen molar-refractivity contribution in [1.29, 1.82) is 0 Å². The van der Waals surface area contributed by atoms with Crippen LogP contribution in [0.5, 0.6) is 0 Å². The van der Waals surface area contributed by atoms with Gasteiger partial charge < -0.3 is 9.47 Å². The summed E-state index contributed by atoms with van der Waals surface area (Å²) in [5.74, 6) is -0.553. The first-order valence-electron chi connectivity index (χ1n) is 7.39. The predicted molar refractivity (Wildman–Crippen MR) is 78.4 cm³/mol. The van der Waals surface area contributed by atoms with Gasteiger partial charge in [0.15, 0.2) is 5.54 Å². The topological polar surface area (TPSA) is 55.8 Å². The Morgan fingerprint density at radius 2 is 2.33 bits per heavy atom. The SMILES string of the molecule is C=CCC1=C(C)[C@@]2(C(=O)OC)CO[C@H](CCCC)N2C1=O. The van der Waals surface area contributed by atoms with Gasteiger partial charge >= 0.3 is 5.97 Å². The lowest BCUT2D eigenvalue weighted by atomic mass is 9.90. The zero-order valence-corrected chi connectivity index (χ0v) is 13.0. The van der Waals surface area contributed by atoms with E-state index in [0.29, 0.717) is 12.0 Å². The highest BCUT2D eigenvalue weighted by atomic mass is 16.5. The predicted octanol–water partition coefficient (Wildman–Crippen LogP) is 2.18. The fourth-order valence-corrected chi connectivity index (χ4v) is 3.21. The summed E-state index contributed by atoms with van der Waals surface area (Å²) in [6.07, 6.45) is 4.48. The molecule has 0 aromatic carbocycles. The summed E-state index contributed by atoms with van der Waals surface area (Å²) in [5, 5.41) is 0. The van der Waals surface area contributed by atoms with Crippen molar-refractivity contribution in [3.8, 4) is 0 Å². The Labute approximate surface area is 125 Å². The van der Waals surface area contributed by atoms with E-state index >= 15 is 0 Å². The van der Waals surface area contributed by atoms with Gasteiger partial charge in [-0.1, -0.05) is 19.4 Å². The highest BCUT2D eigenvalue weighted by Crippen LogP contribution is 2.44. The van der Waals surface area contributed by atoms with Crippen LogP contribution in [0.2, 0.25) is 0 Å². The number of allylic oxidation sites excluding steroid dienone is 1. The maximum absolute atomic E-state index is 12.7. The molecule has 0 spiro atoms. The van der Waals surface area contributed by atoms with Crippen molar-refractivity contribution in [3.05, 3.63) is 23.8 Å². The number of carbonyl (C=O) groups excluding carboxylic acids is 2. The Hall–Kier alpha value is -1.62. The van der Waals surface area contributed by atoms with Crippen molar-refractivity contribution in [2.75, 3.05) is 13.7 Å². The molecule has 1 amide bonds. The van der Waals surface area contributed by atoms with Gasteiger partial charge in [0.1, 0.15) is 6.23 Å². The van der Waals surface area contributed by atoms with Crippen molar-refractivity contribution in [3.63, 3.8) is 0 Å². The number of rotatable bonds is 6. The van der Waals surface area contributed by atoms with Gasteiger partial charge in [-0.05, 0) is 31.8 Å². The number of hydrogen-bond donors (Lipinski definition) is 0. The minimum Gasteiger partial charge on any atom is -0.467 e. The van der Waals surface area contributed by atoms with Gasteiger partial charge in [-0.2, -0.15) is 0 Å². The summed E-state index contributed by atoms with van der Waals surface area (Å²) in [6, 6.07) is 0. The molecule has 0 radical (unpaired) electrons. The molecule has 0 aromatic rings. The number of nitrogens with zero attached hydrogens (tertiary/aromatic N) is 1. The Kier molecular flexibility index (Phi) is 4.52. The smallest absolute Gasteiger partial charge is 0.338 e. The molecule has 0 aromatic heterocycles. The Bertz CT molecular complexity index is 497. The van der Waals surface area contributed by atoms with Crippen LogP contribution in [0.15, 0.2) is 23.8 Å². The van der Waals surface area contributed by atoms with Gasteiger partial charge in [0, 0.05) is 5.57 Å². The monoisotopic (exact) mass is 293 g/mol. The average molecular weight is 293 g/mol. The van der Waals surface area contributed by atoms with Crippen LogP contribution in [-0.4, -0.2) is 42.3 Å². The molecule has 0 unspecified atom stereocenters. The lowest BCUT2D eigenvalue weighted by Crippen LogP contribution is -2.54. The van der Waals surface area contributed by atoms with Crippen LogP contribution in [-0.2, 0) is 19.1 Å². The molecular weight excluding hydrogens is 270 g/mol. The van der Waals surface area contributed by atoms with Gasteiger partial charge in [-0.25, -0.2) is 4.79 Å². The molecule has 2 rings (SSSR count). The van der Waals surface area contributed by atoms with E-state index in [1.807, 2.05) is 6.92 Å². The van der Waals surface area contributed by atoms with Crippen molar-refractivity contribution >= 4 is 11.9 Å². The van der Waals surface area contributed by atoms with Gasteiger partial charge in [0.25, 0.3) is 5.91 Å². The zero-order chi connectivity index (χ0) is 15.6. The number of ether oxygens (including phenoxy) is 2. The molecular formula is C16H23NO4. The minimum absolute atomic E-state index is 0.128. The lowest BCUT2D eigenvalue weighted by molar-refractivity contribution is -0.154. The molecule has 116 valence electrons. The van der Waals surface area contributed by atoms with Crippen molar-refractivity contribution < 1.29 is 19.1 Å². The van der Waals surface area contributed by atoms with Crippen LogP contribution >= 0.6 is 0 Å². The van der Waals surface area contributed by atoms with E-state index in [1.165, 1.54) is 7.11 Å². The molecule has 2 atom stereocenters. The van der Waals surface area contributed by atoms with Gasteiger partial charge in [-0.3, -0.25) is 9.69 Å². The summed E-state index contributed by atoms with van der Waals surface area (Å²) < 4.78 is 10.7. The highest BCUT2D eigenvalue weighted by molar-refractivity contribution is 6.06. The van der Waals surface area contributed by atoms with Crippen molar-refractivity contribution in [2.45, 2.75) is 51.3 Å². The summed E-state index contributed by atoms with van der Waals surface area (Å²) in [6.45, 7) is 7.77. The molecule has 5 nitrogen and oxygen atoms in total. The minimum atomic E-state index is -1.08. The first-order chi connectivity index (χ1) is 10.0. The third-order valence-corrected chi connectivity index (χ3v) is 4.41. The molecule has 2 heterocycles. The molecule has 1 fully saturated rings. The van der Waals surface area contributed by atoms with E-state index in [4.69, 9.17) is 9.47 Å². The molecule has 21 heavy (non-hydrogen) atoms. The number of fused-ring (bicyclic) bond motifs is 1. The lowest BCUT2D eigenvalue weighted by Gasteiger charge is -2.31. The highest BCUT2D eigenvalue weighted by Gasteiger charge is 2.62. The zero-order valence-electron chi connectivity index (χ0n) is 13.0. The fourth-order valence-electron chi connectivity index (χ4n) is 3.21. The summed E-state index contributed by atoms with van der Waals surface area (Å²) in [7, 11) is 1.35. The second kappa shape index (κ2) is 6.02.